The van der Waals surface area contributed by atoms with Crippen LogP contribution in [0.3, 0.4) is 0 Å². The summed E-state index contributed by atoms with van der Waals surface area (Å²) < 4.78 is 46.6. The summed E-state index contributed by atoms with van der Waals surface area (Å²) >= 11 is 7.28. The predicted molar refractivity (Wildman–Crippen MR) is 94.8 cm³/mol. The second kappa shape index (κ2) is 6.40. The summed E-state index contributed by atoms with van der Waals surface area (Å²) in [6.45, 7) is 3.95. The van der Waals surface area contributed by atoms with Gasteiger partial charge < -0.3 is 14.6 Å². The number of alkyl halides is 3. The molecule has 0 aliphatic carbocycles. The normalized spacial score (nSPS) is 18.7. The van der Waals surface area contributed by atoms with Gasteiger partial charge in [-0.15, -0.1) is 11.3 Å². The Hall–Kier alpha value is -1.84. The fourth-order valence-corrected chi connectivity index (χ4v) is 4.03. The van der Waals surface area contributed by atoms with Crippen LogP contribution in [-0.2, 0) is 6.18 Å². The molecule has 1 aliphatic rings. The Morgan fingerprint density at radius 3 is 2.88 bits per heavy atom. The molecule has 3 heterocycles. The largest absolute Gasteiger partial charge is 0.423 e. The van der Waals surface area contributed by atoms with Crippen molar-refractivity contribution in [1.82, 2.24) is 15.3 Å². The van der Waals surface area contributed by atoms with Crippen LogP contribution in [0.5, 0.6) is 0 Å². The lowest BCUT2D eigenvalue weighted by Crippen LogP contribution is -2.50. The number of hydrogen-bond donors (Lipinski definition) is 1. The third kappa shape index (κ3) is 2.93. The number of fused-ring (bicyclic) bond motifs is 1. The Morgan fingerprint density at radius 2 is 2.23 bits per heavy atom. The molecule has 0 spiro atoms. The number of piperazine rings is 1. The van der Waals surface area contributed by atoms with E-state index in [1.807, 2.05) is 11.8 Å². The van der Waals surface area contributed by atoms with Gasteiger partial charge in [-0.25, -0.2) is 4.98 Å². The summed E-state index contributed by atoms with van der Waals surface area (Å²) in [4.78, 5) is 10.2. The van der Waals surface area contributed by atoms with Gasteiger partial charge in [0.15, 0.2) is 5.58 Å². The molecule has 1 atom stereocenters. The summed E-state index contributed by atoms with van der Waals surface area (Å²) in [5, 5.41) is 5.08. The average Bonchev–Trinajstić information content (AvgIpc) is 3.22. The number of thiazole rings is 1. The van der Waals surface area contributed by atoms with Gasteiger partial charge in [0.05, 0.1) is 10.6 Å². The van der Waals surface area contributed by atoms with Crippen molar-refractivity contribution in [2.45, 2.75) is 19.1 Å². The minimum absolute atomic E-state index is 0.0462. The number of halogens is 4. The van der Waals surface area contributed by atoms with E-state index in [4.69, 9.17) is 16.0 Å². The van der Waals surface area contributed by atoms with Gasteiger partial charge in [0.2, 0.25) is 0 Å². The molecule has 5 nitrogen and oxygen atoms in total. The molecule has 1 saturated heterocycles. The molecule has 3 aromatic rings. The number of rotatable bonds is 2. The summed E-state index contributed by atoms with van der Waals surface area (Å²) in [5.41, 5.74) is -0.796. The maximum atomic E-state index is 13.6. The highest BCUT2D eigenvalue weighted by atomic mass is 35.5. The molecule has 2 aromatic heterocycles. The Balaban J connectivity index is 1.97. The highest BCUT2D eigenvalue weighted by molar-refractivity contribution is 7.13. The van der Waals surface area contributed by atoms with Gasteiger partial charge in [-0.3, -0.25) is 0 Å². The monoisotopic (exact) mass is 402 g/mol. The predicted octanol–water partition coefficient (Wildman–Crippen LogP) is 4.42. The molecule has 0 unspecified atom stereocenters. The highest BCUT2D eigenvalue weighted by Gasteiger charge is 2.39. The summed E-state index contributed by atoms with van der Waals surface area (Å²) in [5.74, 6) is 0. The number of oxazole rings is 1. The number of anilines is 1. The van der Waals surface area contributed by atoms with Crippen LogP contribution in [0.25, 0.3) is 21.7 Å². The van der Waals surface area contributed by atoms with Crippen LogP contribution < -0.4 is 10.2 Å². The van der Waals surface area contributed by atoms with E-state index in [-0.39, 0.29) is 23.2 Å². The molecule has 1 fully saturated rings. The molecule has 1 N–H and O–H groups in total. The topological polar surface area (TPSA) is 54.2 Å². The van der Waals surface area contributed by atoms with Crippen LogP contribution in [0.1, 0.15) is 12.5 Å². The van der Waals surface area contributed by atoms with Crippen molar-refractivity contribution < 1.29 is 17.6 Å². The van der Waals surface area contributed by atoms with Crippen LogP contribution in [0.15, 0.2) is 22.1 Å². The van der Waals surface area contributed by atoms with Crippen LogP contribution in [0.4, 0.5) is 19.2 Å². The van der Waals surface area contributed by atoms with E-state index in [1.165, 1.54) is 17.4 Å². The quantitative estimate of drug-likeness (QED) is 0.687. The van der Waals surface area contributed by atoms with E-state index >= 15 is 0 Å². The summed E-state index contributed by atoms with van der Waals surface area (Å²) in [6.07, 6.45) is -3.06. The average molecular weight is 403 g/mol. The molecule has 0 saturated carbocycles. The first-order valence-electron chi connectivity index (χ1n) is 7.93. The van der Waals surface area contributed by atoms with E-state index in [1.54, 1.807) is 11.6 Å². The fraction of sp³-hybridized carbons (Fsp3) is 0.375. The van der Waals surface area contributed by atoms with E-state index in [0.717, 1.165) is 0 Å². The number of nitrogens with zero attached hydrogens (tertiary/aromatic N) is 3. The minimum Gasteiger partial charge on any atom is -0.423 e. The number of hydrogen-bond acceptors (Lipinski definition) is 6. The van der Waals surface area contributed by atoms with Crippen molar-refractivity contribution in [3.63, 3.8) is 0 Å². The van der Waals surface area contributed by atoms with Gasteiger partial charge >= 0.3 is 6.18 Å². The van der Waals surface area contributed by atoms with E-state index < -0.39 is 16.8 Å². The van der Waals surface area contributed by atoms with Crippen LogP contribution in [-0.4, -0.2) is 35.6 Å². The zero-order valence-corrected chi connectivity index (χ0v) is 15.2. The first-order valence-corrected chi connectivity index (χ1v) is 9.19. The van der Waals surface area contributed by atoms with E-state index in [0.29, 0.717) is 30.2 Å². The molecule has 0 bridgehead atoms. The summed E-state index contributed by atoms with van der Waals surface area (Å²) in [6, 6.07) is 1.46. The van der Waals surface area contributed by atoms with Gasteiger partial charge in [0.25, 0.3) is 6.01 Å². The molecular formula is C16H14ClF3N4OS. The Morgan fingerprint density at radius 1 is 1.42 bits per heavy atom. The lowest BCUT2D eigenvalue weighted by molar-refractivity contribution is -0.136. The molecule has 0 radical (unpaired) electrons. The molecule has 4 rings (SSSR count). The molecule has 0 amide bonds. The molecule has 1 aromatic carbocycles. The number of aromatic nitrogens is 2. The first kappa shape index (κ1) is 17.6. The second-order valence-corrected chi connectivity index (χ2v) is 7.34. The van der Waals surface area contributed by atoms with Crippen molar-refractivity contribution >= 4 is 40.1 Å². The van der Waals surface area contributed by atoms with Gasteiger partial charge in [-0.2, -0.15) is 18.2 Å². The zero-order valence-electron chi connectivity index (χ0n) is 13.6. The number of benzene rings is 1. The van der Waals surface area contributed by atoms with Crippen molar-refractivity contribution in [3.05, 3.63) is 28.2 Å². The van der Waals surface area contributed by atoms with Crippen molar-refractivity contribution in [2.75, 3.05) is 24.5 Å². The summed E-state index contributed by atoms with van der Waals surface area (Å²) in [7, 11) is 0. The molecule has 10 heteroatoms. The fourth-order valence-electron chi connectivity index (χ4n) is 3.07. The number of nitrogens with one attached hydrogen (secondary N) is 1. The van der Waals surface area contributed by atoms with Crippen LogP contribution >= 0.6 is 22.9 Å². The lowest BCUT2D eigenvalue weighted by atomic mass is 10.1. The smallest absolute Gasteiger partial charge is 0.420 e. The minimum atomic E-state index is -4.64. The van der Waals surface area contributed by atoms with Gasteiger partial charge in [-0.1, -0.05) is 11.6 Å². The first-order chi connectivity index (χ1) is 12.4. The molecule has 26 heavy (non-hydrogen) atoms. The SMILES string of the molecule is C[C@@H]1CNCCN1c1nc2c(C(F)(F)F)c(Cl)cc(-c3nccs3)c2o1. The van der Waals surface area contributed by atoms with Crippen LogP contribution in [0, 0.1) is 0 Å². The Kier molecular flexibility index (Phi) is 4.32. The highest BCUT2D eigenvalue weighted by Crippen LogP contribution is 2.44. The Labute approximate surface area is 155 Å². The van der Waals surface area contributed by atoms with Gasteiger partial charge in [-0.05, 0) is 13.0 Å². The maximum absolute atomic E-state index is 13.6. The molecule has 138 valence electrons. The van der Waals surface area contributed by atoms with Gasteiger partial charge in [0.1, 0.15) is 16.1 Å². The maximum Gasteiger partial charge on any atom is 0.420 e. The third-order valence-corrected chi connectivity index (χ3v) is 5.40. The second-order valence-electron chi connectivity index (χ2n) is 6.04. The third-order valence-electron chi connectivity index (χ3n) is 4.30. The standard InChI is InChI=1S/C16H14ClF3N4OS/c1-8-7-21-2-4-24(8)15-23-12-11(16(18,19)20)10(17)6-9(13(12)25-15)14-22-3-5-26-14/h3,5-6,8,21H,2,4,7H2,1H3/t8-/m1/s1. The van der Waals surface area contributed by atoms with Crippen molar-refractivity contribution in [2.24, 2.45) is 0 Å². The lowest BCUT2D eigenvalue weighted by Gasteiger charge is -2.32. The van der Waals surface area contributed by atoms with Crippen molar-refractivity contribution in [3.8, 4) is 10.6 Å². The van der Waals surface area contributed by atoms with Crippen molar-refractivity contribution in [1.29, 1.82) is 0 Å². The van der Waals surface area contributed by atoms with E-state index in [9.17, 15) is 13.2 Å². The van der Waals surface area contributed by atoms with Crippen LogP contribution in [0.2, 0.25) is 5.02 Å². The Bertz CT molecular complexity index is 941. The molecular weight excluding hydrogens is 389 g/mol. The van der Waals surface area contributed by atoms with Gasteiger partial charge in [0, 0.05) is 37.3 Å². The van der Waals surface area contributed by atoms with E-state index in [2.05, 4.69) is 15.3 Å². The molecule has 1 aliphatic heterocycles. The zero-order chi connectivity index (χ0) is 18.5.